The molecule has 1 saturated heterocycles. The normalized spacial score (nSPS) is 14.2. The summed E-state index contributed by atoms with van der Waals surface area (Å²) in [6, 6.07) is 14.9. The van der Waals surface area contributed by atoms with Gasteiger partial charge in [-0.15, -0.1) is 11.3 Å². The molecule has 1 aliphatic rings. The molecule has 2 amide bonds. The third kappa shape index (κ3) is 3.97. The quantitative estimate of drug-likeness (QED) is 0.689. The maximum absolute atomic E-state index is 12.5. The first-order valence-electron chi connectivity index (χ1n) is 9.34. The average Bonchev–Trinajstić information content (AvgIpc) is 3.15. The highest BCUT2D eigenvalue weighted by molar-refractivity contribution is 7.09. The number of nitrogens with zero attached hydrogens (tertiary/aromatic N) is 2. The van der Waals surface area contributed by atoms with Crippen LogP contribution in [0.5, 0.6) is 0 Å². The molecule has 28 heavy (non-hydrogen) atoms. The lowest BCUT2D eigenvalue weighted by molar-refractivity contribution is -0.119. The molecular weight excluding hydrogens is 370 g/mol. The van der Waals surface area contributed by atoms with Crippen molar-refractivity contribution < 1.29 is 9.59 Å². The number of carbonyl (C=O) groups is 2. The largest absolute Gasteiger partial charge is 0.322 e. The second-order valence-corrected chi connectivity index (χ2v) is 7.89. The summed E-state index contributed by atoms with van der Waals surface area (Å²) in [4.78, 5) is 30.8. The lowest BCUT2D eigenvalue weighted by Crippen LogP contribution is -2.35. The van der Waals surface area contributed by atoms with Gasteiger partial charge in [-0.3, -0.25) is 9.59 Å². The Balaban J connectivity index is 1.42. The van der Waals surface area contributed by atoms with Crippen LogP contribution in [-0.4, -0.2) is 23.3 Å². The number of thiazole rings is 1. The fourth-order valence-corrected chi connectivity index (χ4v) is 3.92. The number of amides is 2. The van der Waals surface area contributed by atoms with Gasteiger partial charge < -0.3 is 10.2 Å². The van der Waals surface area contributed by atoms with Crippen molar-refractivity contribution in [2.45, 2.75) is 26.2 Å². The average molecular weight is 391 g/mol. The van der Waals surface area contributed by atoms with Crippen LogP contribution in [0.15, 0.2) is 53.9 Å². The summed E-state index contributed by atoms with van der Waals surface area (Å²) >= 11 is 1.62. The Bertz CT molecular complexity index is 993. The minimum absolute atomic E-state index is 0.152. The van der Waals surface area contributed by atoms with Crippen molar-refractivity contribution in [3.63, 3.8) is 0 Å². The molecule has 2 aromatic carbocycles. The van der Waals surface area contributed by atoms with E-state index in [1.165, 1.54) is 0 Å². The first-order valence-corrected chi connectivity index (χ1v) is 10.2. The van der Waals surface area contributed by atoms with Crippen LogP contribution in [0, 0.1) is 6.92 Å². The van der Waals surface area contributed by atoms with Crippen LogP contribution < -0.4 is 10.2 Å². The van der Waals surface area contributed by atoms with E-state index >= 15 is 0 Å². The van der Waals surface area contributed by atoms with Crippen LogP contribution in [0.3, 0.4) is 0 Å². The molecular formula is C22H21N3O2S. The van der Waals surface area contributed by atoms with Crippen LogP contribution in [0.25, 0.3) is 11.3 Å². The number of nitrogens with one attached hydrogen (secondary N) is 1. The molecule has 0 atom stereocenters. The first-order chi connectivity index (χ1) is 13.6. The molecule has 142 valence electrons. The smallest absolute Gasteiger partial charge is 0.255 e. The molecule has 1 aliphatic heterocycles. The minimum Gasteiger partial charge on any atom is -0.322 e. The fraction of sp³-hybridized carbons (Fsp3) is 0.227. The summed E-state index contributed by atoms with van der Waals surface area (Å²) in [6.45, 7) is 2.73. The van der Waals surface area contributed by atoms with Gasteiger partial charge in [0.15, 0.2) is 0 Å². The Kier molecular flexibility index (Phi) is 5.21. The van der Waals surface area contributed by atoms with Gasteiger partial charge >= 0.3 is 0 Å². The second kappa shape index (κ2) is 7.94. The van der Waals surface area contributed by atoms with Crippen LogP contribution >= 0.6 is 11.3 Å². The fourth-order valence-electron chi connectivity index (χ4n) is 3.30. The zero-order chi connectivity index (χ0) is 19.5. The number of rotatable bonds is 4. The van der Waals surface area contributed by atoms with Crippen molar-refractivity contribution in [3.8, 4) is 11.3 Å². The Morgan fingerprint density at radius 2 is 1.82 bits per heavy atom. The molecule has 0 radical (unpaired) electrons. The van der Waals surface area contributed by atoms with Crippen molar-refractivity contribution in [1.29, 1.82) is 0 Å². The zero-order valence-corrected chi connectivity index (χ0v) is 16.5. The van der Waals surface area contributed by atoms with E-state index < -0.39 is 0 Å². The molecule has 1 N–H and O–H groups in total. The molecule has 6 heteroatoms. The number of hydrogen-bond donors (Lipinski definition) is 1. The van der Waals surface area contributed by atoms with Crippen molar-refractivity contribution in [1.82, 2.24) is 4.98 Å². The highest BCUT2D eigenvalue weighted by Gasteiger charge is 2.19. The lowest BCUT2D eigenvalue weighted by atomic mass is 10.1. The van der Waals surface area contributed by atoms with Crippen LogP contribution in [0.4, 0.5) is 11.4 Å². The second-order valence-electron chi connectivity index (χ2n) is 6.83. The van der Waals surface area contributed by atoms with E-state index in [0.29, 0.717) is 12.0 Å². The molecule has 1 fully saturated rings. The van der Waals surface area contributed by atoms with Gasteiger partial charge in [0.25, 0.3) is 5.91 Å². The standard InChI is InChI=1S/C22H21N3O2S/c1-15-23-20(14-28-15)16-5-9-18(10-6-16)24-22(27)17-7-11-19(12-8-17)25-13-3-2-4-21(25)26/h5-12,14H,2-4,13H2,1H3,(H,24,27). The van der Waals surface area contributed by atoms with Gasteiger partial charge in [-0.2, -0.15) is 0 Å². The van der Waals surface area contributed by atoms with E-state index in [1.807, 2.05) is 48.7 Å². The maximum atomic E-state index is 12.5. The predicted octanol–water partition coefficient (Wildman–Crippen LogP) is 4.89. The SMILES string of the molecule is Cc1nc(-c2ccc(NC(=O)c3ccc(N4CCCCC4=O)cc3)cc2)cs1. The van der Waals surface area contributed by atoms with Crippen molar-refractivity contribution in [3.05, 3.63) is 64.5 Å². The van der Waals surface area contributed by atoms with Crippen LogP contribution in [0.1, 0.15) is 34.6 Å². The molecule has 0 spiro atoms. The van der Waals surface area contributed by atoms with Gasteiger partial charge in [-0.05, 0) is 56.2 Å². The van der Waals surface area contributed by atoms with E-state index in [9.17, 15) is 9.59 Å². The number of carbonyl (C=O) groups excluding carboxylic acids is 2. The molecule has 0 bridgehead atoms. The summed E-state index contributed by atoms with van der Waals surface area (Å²) in [5, 5.41) is 5.97. The summed E-state index contributed by atoms with van der Waals surface area (Å²) in [5.41, 5.74) is 4.12. The third-order valence-corrected chi connectivity index (χ3v) is 5.60. The first kappa shape index (κ1) is 18.4. The van der Waals surface area contributed by atoms with E-state index in [-0.39, 0.29) is 11.8 Å². The molecule has 4 rings (SSSR count). The third-order valence-electron chi connectivity index (χ3n) is 4.82. The van der Waals surface area contributed by atoms with Gasteiger partial charge in [-0.1, -0.05) is 12.1 Å². The predicted molar refractivity (Wildman–Crippen MR) is 113 cm³/mol. The molecule has 3 aromatic rings. The van der Waals surface area contributed by atoms with Crippen molar-refractivity contribution in [2.75, 3.05) is 16.8 Å². The van der Waals surface area contributed by atoms with Crippen LogP contribution in [-0.2, 0) is 4.79 Å². The van der Waals surface area contributed by atoms with Gasteiger partial charge in [0, 0.05) is 40.8 Å². The number of anilines is 2. The number of aryl methyl sites for hydroxylation is 1. The maximum Gasteiger partial charge on any atom is 0.255 e. The highest BCUT2D eigenvalue weighted by Crippen LogP contribution is 2.24. The molecule has 1 aromatic heterocycles. The lowest BCUT2D eigenvalue weighted by Gasteiger charge is -2.26. The summed E-state index contributed by atoms with van der Waals surface area (Å²) in [7, 11) is 0. The van der Waals surface area contributed by atoms with Gasteiger partial charge in [0.1, 0.15) is 0 Å². The zero-order valence-electron chi connectivity index (χ0n) is 15.6. The topological polar surface area (TPSA) is 62.3 Å². The van der Waals surface area contributed by atoms with Crippen molar-refractivity contribution in [2.24, 2.45) is 0 Å². The van der Waals surface area contributed by atoms with E-state index in [1.54, 1.807) is 28.4 Å². The number of piperidine rings is 1. The molecule has 0 saturated carbocycles. The molecule has 0 unspecified atom stereocenters. The molecule has 2 heterocycles. The Morgan fingerprint density at radius 3 is 2.46 bits per heavy atom. The molecule has 0 aliphatic carbocycles. The number of aromatic nitrogens is 1. The summed E-state index contributed by atoms with van der Waals surface area (Å²) < 4.78 is 0. The molecule has 5 nitrogen and oxygen atoms in total. The highest BCUT2D eigenvalue weighted by atomic mass is 32.1. The minimum atomic E-state index is -0.172. The Morgan fingerprint density at radius 1 is 1.07 bits per heavy atom. The van der Waals surface area contributed by atoms with Crippen molar-refractivity contribution >= 4 is 34.5 Å². The van der Waals surface area contributed by atoms with E-state index in [2.05, 4.69) is 10.3 Å². The van der Waals surface area contributed by atoms with Gasteiger partial charge in [0.05, 0.1) is 10.7 Å². The monoisotopic (exact) mass is 391 g/mol. The van der Waals surface area contributed by atoms with Gasteiger partial charge in [-0.25, -0.2) is 4.98 Å². The summed E-state index contributed by atoms with van der Waals surface area (Å²) in [5.74, 6) is -0.0207. The Hall–Kier alpha value is -2.99. The number of benzene rings is 2. The van der Waals surface area contributed by atoms with E-state index in [4.69, 9.17) is 0 Å². The van der Waals surface area contributed by atoms with E-state index in [0.717, 1.165) is 47.0 Å². The number of hydrogen-bond acceptors (Lipinski definition) is 4. The van der Waals surface area contributed by atoms with Crippen LogP contribution in [0.2, 0.25) is 0 Å². The summed E-state index contributed by atoms with van der Waals surface area (Å²) in [6.07, 6.45) is 2.57. The Labute approximate surface area is 168 Å². The van der Waals surface area contributed by atoms with Gasteiger partial charge in [0.2, 0.25) is 5.91 Å².